The number of nitrogens with zero attached hydrogens (tertiary/aromatic N) is 3. The first kappa shape index (κ1) is 20.2. The van der Waals surface area contributed by atoms with Gasteiger partial charge < -0.3 is 15.1 Å². The molecule has 0 aromatic heterocycles. The Morgan fingerprint density at radius 2 is 2.04 bits per heavy atom. The van der Waals surface area contributed by atoms with Gasteiger partial charge in [-0.3, -0.25) is 4.99 Å². The molecule has 4 nitrogen and oxygen atoms in total. The molecule has 130 valence electrons. The van der Waals surface area contributed by atoms with Crippen LogP contribution in [0.3, 0.4) is 0 Å². The van der Waals surface area contributed by atoms with Crippen molar-refractivity contribution in [2.75, 3.05) is 46.8 Å². The van der Waals surface area contributed by atoms with Crippen molar-refractivity contribution in [2.24, 2.45) is 4.99 Å². The van der Waals surface area contributed by atoms with Crippen LogP contribution in [0.4, 0.5) is 0 Å². The van der Waals surface area contributed by atoms with Crippen LogP contribution in [-0.4, -0.2) is 62.6 Å². The van der Waals surface area contributed by atoms with E-state index in [9.17, 15) is 0 Å². The van der Waals surface area contributed by atoms with Crippen molar-refractivity contribution >= 4 is 29.9 Å². The molecule has 1 aromatic carbocycles. The molecule has 23 heavy (non-hydrogen) atoms. The molecule has 1 saturated heterocycles. The van der Waals surface area contributed by atoms with Crippen LogP contribution in [0.2, 0.25) is 0 Å². The molecule has 1 unspecified atom stereocenters. The van der Waals surface area contributed by atoms with Crippen LogP contribution in [0.5, 0.6) is 0 Å². The molecular formula is C18H31IN4. The summed E-state index contributed by atoms with van der Waals surface area (Å²) in [6.07, 6.45) is 2.32. The number of likely N-dealkylation sites (tertiary alicyclic amines) is 1. The predicted molar refractivity (Wildman–Crippen MR) is 110 cm³/mol. The van der Waals surface area contributed by atoms with Gasteiger partial charge in [-0.2, -0.15) is 0 Å². The van der Waals surface area contributed by atoms with Crippen LogP contribution >= 0.6 is 24.0 Å². The second-order valence-corrected chi connectivity index (χ2v) is 6.23. The number of aliphatic imine (C=N–C) groups is 1. The second-order valence-electron chi connectivity index (χ2n) is 6.23. The maximum absolute atomic E-state index is 4.80. The Labute approximate surface area is 158 Å². The van der Waals surface area contributed by atoms with Gasteiger partial charge >= 0.3 is 0 Å². The van der Waals surface area contributed by atoms with Crippen molar-refractivity contribution in [2.45, 2.75) is 25.7 Å². The van der Waals surface area contributed by atoms with Crippen molar-refractivity contribution in [1.29, 1.82) is 0 Å². The smallest absolute Gasteiger partial charge is 0.193 e. The van der Waals surface area contributed by atoms with Crippen LogP contribution in [0.1, 0.15) is 31.2 Å². The summed E-state index contributed by atoms with van der Waals surface area (Å²) in [5.41, 5.74) is 1.45. The zero-order valence-electron chi connectivity index (χ0n) is 14.7. The lowest BCUT2D eigenvalue weighted by molar-refractivity contribution is 0.402. The van der Waals surface area contributed by atoms with Crippen LogP contribution in [0, 0.1) is 0 Å². The predicted octanol–water partition coefficient (Wildman–Crippen LogP) is 3.01. The normalized spacial score (nSPS) is 18.2. The van der Waals surface area contributed by atoms with E-state index in [4.69, 9.17) is 4.99 Å². The molecule has 0 bridgehead atoms. The molecule has 0 radical (unpaired) electrons. The largest absolute Gasteiger partial charge is 0.357 e. The van der Waals surface area contributed by atoms with Gasteiger partial charge in [0.25, 0.3) is 0 Å². The zero-order valence-corrected chi connectivity index (χ0v) is 17.0. The lowest BCUT2D eigenvalue weighted by atomic mass is 9.99. The van der Waals surface area contributed by atoms with E-state index >= 15 is 0 Å². The van der Waals surface area contributed by atoms with Crippen molar-refractivity contribution in [3.05, 3.63) is 35.9 Å². The average Bonchev–Trinajstić information content (AvgIpc) is 3.01. The van der Waals surface area contributed by atoms with Crippen molar-refractivity contribution < 1.29 is 0 Å². The minimum atomic E-state index is 0. The van der Waals surface area contributed by atoms with Crippen LogP contribution < -0.4 is 5.32 Å². The van der Waals surface area contributed by atoms with E-state index in [1.165, 1.54) is 12.0 Å². The van der Waals surface area contributed by atoms with Gasteiger partial charge in [0.2, 0.25) is 0 Å². The third-order valence-electron chi connectivity index (χ3n) is 4.12. The van der Waals surface area contributed by atoms with Gasteiger partial charge in [-0.1, -0.05) is 30.3 Å². The fourth-order valence-corrected chi connectivity index (χ4v) is 2.95. The molecule has 1 heterocycles. The summed E-state index contributed by atoms with van der Waals surface area (Å²) in [7, 11) is 4.22. The Kier molecular flexibility index (Phi) is 9.55. The van der Waals surface area contributed by atoms with Gasteiger partial charge in [-0.05, 0) is 46.0 Å². The summed E-state index contributed by atoms with van der Waals surface area (Å²) in [6.45, 7) is 7.23. The topological polar surface area (TPSA) is 30.9 Å². The number of rotatable bonds is 6. The number of benzene rings is 1. The molecule has 1 fully saturated rings. The lowest BCUT2D eigenvalue weighted by Crippen LogP contribution is -2.40. The number of hydrogen-bond donors (Lipinski definition) is 1. The van der Waals surface area contributed by atoms with E-state index < -0.39 is 0 Å². The molecule has 2 rings (SSSR count). The third kappa shape index (κ3) is 6.67. The highest BCUT2D eigenvalue weighted by Gasteiger charge is 2.25. The zero-order chi connectivity index (χ0) is 15.8. The number of hydrogen-bond acceptors (Lipinski definition) is 2. The molecule has 1 aliphatic rings. The van der Waals surface area contributed by atoms with Gasteiger partial charge in [0.05, 0.1) is 0 Å². The molecule has 5 heteroatoms. The molecule has 1 atom stereocenters. The Hall–Kier alpha value is -0.820. The van der Waals surface area contributed by atoms with E-state index in [0.29, 0.717) is 5.92 Å². The van der Waals surface area contributed by atoms with E-state index in [0.717, 1.165) is 45.1 Å². The minimum Gasteiger partial charge on any atom is -0.357 e. The van der Waals surface area contributed by atoms with Gasteiger partial charge in [0.15, 0.2) is 5.96 Å². The number of guanidine groups is 1. The maximum Gasteiger partial charge on any atom is 0.193 e. The Balaban J connectivity index is 0.00000264. The Morgan fingerprint density at radius 3 is 2.70 bits per heavy atom. The maximum atomic E-state index is 4.80. The highest BCUT2D eigenvalue weighted by atomic mass is 127. The molecule has 0 amide bonds. The quantitative estimate of drug-likeness (QED) is 0.326. The minimum absolute atomic E-state index is 0. The van der Waals surface area contributed by atoms with Gasteiger partial charge in [-0.25, -0.2) is 0 Å². The second kappa shape index (κ2) is 10.9. The van der Waals surface area contributed by atoms with Gasteiger partial charge in [0, 0.05) is 32.1 Å². The molecule has 0 spiro atoms. The van der Waals surface area contributed by atoms with Gasteiger partial charge in [0.1, 0.15) is 0 Å². The number of nitrogens with one attached hydrogen (secondary N) is 1. The van der Waals surface area contributed by atoms with Gasteiger partial charge in [-0.15, -0.1) is 24.0 Å². The summed E-state index contributed by atoms with van der Waals surface area (Å²) < 4.78 is 0. The molecular weight excluding hydrogens is 399 g/mol. The third-order valence-corrected chi connectivity index (χ3v) is 4.12. The summed E-state index contributed by atoms with van der Waals surface area (Å²) in [5.74, 6) is 1.71. The molecule has 0 saturated carbocycles. The van der Waals surface area contributed by atoms with E-state index in [1.807, 2.05) is 0 Å². The van der Waals surface area contributed by atoms with Crippen LogP contribution in [0.25, 0.3) is 0 Å². The first-order chi connectivity index (χ1) is 10.7. The monoisotopic (exact) mass is 430 g/mol. The van der Waals surface area contributed by atoms with E-state index in [-0.39, 0.29) is 24.0 Å². The molecule has 0 aliphatic carbocycles. The number of halogens is 1. The summed E-state index contributed by atoms with van der Waals surface area (Å²) in [5, 5.41) is 3.45. The average molecular weight is 430 g/mol. The van der Waals surface area contributed by atoms with Crippen LogP contribution in [0.15, 0.2) is 35.3 Å². The lowest BCUT2D eigenvalue weighted by Gasteiger charge is -2.22. The van der Waals surface area contributed by atoms with E-state index in [2.05, 4.69) is 66.5 Å². The first-order valence-corrected chi connectivity index (χ1v) is 8.43. The molecule has 1 aromatic rings. The highest BCUT2D eigenvalue weighted by Crippen LogP contribution is 2.26. The Bertz CT molecular complexity index is 461. The first-order valence-electron chi connectivity index (χ1n) is 8.43. The SMILES string of the molecule is CCNC(=NCCCN(C)C)N1CCC(c2ccccc2)C1.I. The van der Waals surface area contributed by atoms with Crippen molar-refractivity contribution in [3.63, 3.8) is 0 Å². The summed E-state index contributed by atoms with van der Waals surface area (Å²) in [6, 6.07) is 10.9. The summed E-state index contributed by atoms with van der Waals surface area (Å²) >= 11 is 0. The highest BCUT2D eigenvalue weighted by molar-refractivity contribution is 14.0. The fraction of sp³-hybridized carbons (Fsp3) is 0.611. The fourth-order valence-electron chi connectivity index (χ4n) is 2.95. The Morgan fingerprint density at radius 1 is 1.30 bits per heavy atom. The van der Waals surface area contributed by atoms with Crippen LogP contribution in [-0.2, 0) is 0 Å². The molecule has 1 aliphatic heterocycles. The summed E-state index contributed by atoms with van der Waals surface area (Å²) in [4.78, 5) is 9.43. The standard InChI is InChI=1S/C18H30N4.HI/c1-4-19-18(20-12-8-13-21(2)3)22-14-11-17(15-22)16-9-6-5-7-10-16;/h5-7,9-10,17H,4,8,11-15H2,1-3H3,(H,19,20);1H. The van der Waals surface area contributed by atoms with Crippen molar-refractivity contribution in [1.82, 2.24) is 15.1 Å². The van der Waals surface area contributed by atoms with E-state index in [1.54, 1.807) is 0 Å². The molecule has 1 N–H and O–H groups in total. The van der Waals surface area contributed by atoms with Crippen molar-refractivity contribution in [3.8, 4) is 0 Å².